The van der Waals surface area contributed by atoms with Crippen molar-refractivity contribution < 1.29 is 26.9 Å². The maximum Gasteiger partial charge on any atom is 0.411 e. The van der Waals surface area contributed by atoms with Crippen molar-refractivity contribution in [3.8, 4) is 5.75 Å². The number of hydrogen-bond acceptors (Lipinski definition) is 5. The summed E-state index contributed by atoms with van der Waals surface area (Å²) in [7, 11) is -3.77. The van der Waals surface area contributed by atoms with E-state index in [1.165, 1.54) is 24.3 Å². The molecule has 9 heteroatoms. The molecule has 7 nitrogen and oxygen atoms in total. The van der Waals surface area contributed by atoms with Gasteiger partial charge >= 0.3 is 5.91 Å². The van der Waals surface area contributed by atoms with E-state index in [0.29, 0.717) is 48.7 Å². The predicted octanol–water partition coefficient (Wildman–Crippen LogP) is 4.56. The number of ether oxygens (including phenoxy) is 1. The van der Waals surface area contributed by atoms with Crippen molar-refractivity contribution in [2.45, 2.75) is 24.8 Å². The zero-order valence-corrected chi connectivity index (χ0v) is 22.2. The summed E-state index contributed by atoms with van der Waals surface area (Å²) in [6, 6.07) is 19.8. The van der Waals surface area contributed by atoms with E-state index in [2.05, 4.69) is 16.2 Å². The van der Waals surface area contributed by atoms with Gasteiger partial charge in [-0.05, 0) is 60.5 Å². The Kier molecular flexibility index (Phi) is 8.38. The van der Waals surface area contributed by atoms with E-state index in [4.69, 9.17) is 4.74 Å². The minimum atomic E-state index is -3.77. The zero-order valence-electron chi connectivity index (χ0n) is 21.4. The lowest BCUT2D eigenvalue weighted by atomic mass is 10.1. The summed E-state index contributed by atoms with van der Waals surface area (Å²) in [6.07, 6.45) is 0.781. The van der Waals surface area contributed by atoms with E-state index in [-0.39, 0.29) is 16.6 Å². The highest BCUT2D eigenvalue weighted by Gasteiger charge is 2.29. The summed E-state index contributed by atoms with van der Waals surface area (Å²) in [6.45, 7) is 9.31. The second-order valence-corrected chi connectivity index (χ2v) is 10.9. The largest absolute Gasteiger partial charge is 0.484 e. The number of hydrogen-bond donors (Lipinski definition) is 1. The Bertz CT molecular complexity index is 1450. The number of rotatable bonds is 9. The molecule has 0 saturated carbocycles. The van der Waals surface area contributed by atoms with Gasteiger partial charge in [0.2, 0.25) is 0 Å². The van der Waals surface area contributed by atoms with Crippen LogP contribution in [0.15, 0.2) is 90.3 Å². The van der Waals surface area contributed by atoms with E-state index >= 15 is 0 Å². The zero-order chi connectivity index (χ0) is 27.3. The Balaban J connectivity index is 1.54. The molecule has 0 spiro atoms. The van der Waals surface area contributed by atoms with Gasteiger partial charge in [-0.1, -0.05) is 36.9 Å². The first-order valence-corrected chi connectivity index (χ1v) is 13.7. The Hall–Kier alpha value is -3.82. The van der Waals surface area contributed by atoms with Crippen LogP contribution in [0.2, 0.25) is 0 Å². The third kappa shape index (κ3) is 6.54. The molecule has 3 aromatic rings. The Morgan fingerprint density at radius 3 is 2.47 bits per heavy atom. The van der Waals surface area contributed by atoms with Crippen molar-refractivity contribution in [2.75, 3.05) is 30.9 Å². The number of nitrogens with one attached hydrogen (secondary N) is 1. The van der Waals surface area contributed by atoms with Crippen molar-refractivity contribution in [3.63, 3.8) is 0 Å². The number of sulfonamides is 1. The first-order chi connectivity index (χ1) is 18.2. The molecule has 0 radical (unpaired) electrons. The smallest absolute Gasteiger partial charge is 0.411 e. The van der Waals surface area contributed by atoms with E-state index in [9.17, 15) is 17.6 Å². The van der Waals surface area contributed by atoms with Gasteiger partial charge in [-0.2, -0.15) is 4.58 Å². The van der Waals surface area contributed by atoms with Gasteiger partial charge < -0.3 is 4.74 Å². The normalized spacial score (nSPS) is 15.1. The average Bonchev–Trinajstić information content (AvgIpc) is 2.90. The van der Waals surface area contributed by atoms with Gasteiger partial charge in [-0.25, -0.2) is 17.6 Å². The summed E-state index contributed by atoms with van der Waals surface area (Å²) >= 11 is 0. The van der Waals surface area contributed by atoms with Gasteiger partial charge in [-0.15, -0.1) is 0 Å². The molecule has 0 aromatic heterocycles. The molecule has 1 atom stereocenters. The molecule has 3 aromatic carbocycles. The van der Waals surface area contributed by atoms with Crippen LogP contribution in [0, 0.1) is 12.7 Å². The first-order valence-electron chi connectivity index (χ1n) is 12.3. The molecule has 38 heavy (non-hydrogen) atoms. The molecule has 0 aliphatic carbocycles. The number of carbonyl (C=O) groups is 1. The molecule has 1 N–H and O–H groups in total. The highest BCUT2D eigenvalue weighted by atomic mass is 32.2. The minimum absolute atomic E-state index is 0.0971. The third-order valence-electron chi connectivity index (χ3n) is 6.42. The molecule has 1 aliphatic heterocycles. The van der Waals surface area contributed by atoms with Crippen molar-refractivity contribution in [2.24, 2.45) is 0 Å². The highest BCUT2D eigenvalue weighted by molar-refractivity contribution is 7.92. The first kappa shape index (κ1) is 27.2. The molecule has 1 aliphatic rings. The van der Waals surface area contributed by atoms with Gasteiger partial charge in [0.05, 0.1) is 18.0 Å². The van der Waals surface area contributed by atoms with Gasteiger partial charge in [0.1, 0.15) is 17.7 Å². The summed E-state index contributed by atoms with van der Waals surface area (Å²) in [5, 5.41) is 0. The molecule has 4 rings (SSSR count). The van der Waals surface area contributed by atoms with E-state index in [0.717, 1.165) is 5.71 Å². The van der Waals surface area contributed by atoms with Crippen LogP contribution in [0.5, 0.6) is 5.75 Å². The average molecular weight is 537 g/mol. The summed E-state index contributed by atoms with van der Waals surface area (Å²) in [4.78, 5) is 14.3. The van der Waals surface area contributed by atoms with Crippen molar-refractivity contribution >= 4 is 27.3 Å². The second-order valence-electron chi connectivity index (χ2n) is 9.22. The fourth-order valence-electron chi connectivity index (χ4n) is 4.32. The number of aryl methyl sites for hydroxylation is 1. The number of halogens is 1. The van der Waals surface area contributed by atoms with Crippen LogP contribution in [0.3, 0.4) is 0 Å². The van der Waals surface area contributed by atoms with Crippen LogP contribution in [0.1, 0.15) is 24.2 Å². The van der Waals surface area contributed by atoms with Gasteiger partial charge in [-0.3, -0.25) is 9.62 Å². The van der Waals surface area contributed by atoms with Crippen LogP contribution >= 0.6 is 0 Å². The fraction of sp³-hybridized carbons (Fsp3) is 0.241. The number of carbonyl (C=O) groups excluding carboxylic acids is 1. The lowest BCUT2D eigenvalue weighted by Gasteiger charge is -2.29. The predicted molar refractivity (Wildman–Crippen MR) is 146 cm³/mol. The summed E-state index contributed by atoms with van der Waals surface area (Å²) < 4.78 is 50.6. The van der Waals surface area contributed by atoms with Crippen LogP contribution in [-0.2, 0) is 14.8 Å². The highest BCUT2D eigenvalue weighted by Crippen LogP contribution is 2.27. The van der Waals surface area contributed by atoms with E-state index in [1.54, 1.807) is 60.0 Å². The minimum Gasteiger partial charge on any atom is -0.484 e. The molecular weight excluding hydrogens is 505 g/mol. The molecule has 1 amide bonds. The van der Waals surface area contributed by atoms with Crippen LogP contribution in [-0.4, -0.2) is 55.7 Å². The van der Waals surface area contributed by atoms with Gasteiger partial charge in [0, 0.05) is 25.2 Å². The van der Waals surface area contributed by atoms with Crippen LogP contribution < -0.4 is 9.46 Å². The molecule has 198 valence electrons. The maximum absolute atomic E-state index is 14.5. The van der Waals surface area contributed by atoms with Gasteiger partial charge in [0.25, 0.3) is 10.0 Å². The number of benzene rings is 3. The molecule has 1 heterocycles. The van der Waals surface area contributed by atoms with Crippen molar-refractivity contribution in [3.05, 3.63) is 102 Å². The standard InChI is InChI=1S/C29H31FN3O4S/c1-4-29(34)33-17-16-32(19-22(33)3)20-28(23-11-10-21(2)27(30)18-23)37-25-12-14-26(15-13-25)38(35,36)31-24-8-6-5-7-9-24/h4-15,18,28,31H,1,16-17,19-20H2,2-3H3/q+1. The Morgan fingerprint density at radius 2 is 1.84 bits per heavy atom. The fourth-order valence-corrected chi connectivity index (χ4v) is 5.38. The molecule has 0 fully saturated rings. The molecule has 1 unspecified atom stereocenters. The van der Waals surface area contributed by atoms with Gasteiger partial charge in [0.15, 0.2) is 12.3 Å². The number of anilines is 1. The van der Waals surface area contributed by atoms with E-state index < -0.39 is 16.1 Å². The lowest BCUT2D eigenvalue weighted by molar-refractivity contribution is -0.451. The summed E-state index contributed by atoms with van der Waals surface area (Å²) in [5.74, 6) is -0.00293. The molecule has 0 bridgehead atoms. The Labute approximate surface area is 222 Å². The van der Waals surface area contributed by atoms with Crippen molar-refractivity contribution in [1.29, 1.82) is 0 Å². The Morgan fingerprint density at radius 1 is 1.13 bits per heavy atom. The molecule has 0 saturated heterocycles. The van der Waals surface area contributed by atoms with Crippen LogP contribution in [0.25, 0.3) is 0 Å². The SMILES string of the molecule is C=CC(=O)[N+]1=C(C)CN(CC(Oc2ccc(S(=O)(=O)Nc3ccccc3)cc2)c2ccc(C)c(F)c2)CC1. The third-order valence-corrected chi connectivity index (χ3v) is 7.82. The van der Waals surface area contributed by atoms with E-state index in [1.807, 2.05) is 13.0 Å². The monoisotopic (exact) mass is 536 g/mol. The second kappa shape index (κ2) is 11.7. The number of nitrogens with zero attached hydrogens (tertiary/aromatic N) is 2. The van der Waals surface area contributed by atoms with Crippen molar-refractivity contribution in [1.82, 2.24) is 4.90 Å². The number of amides is 1. The topological polar surface area (TPSA) is 78.7 Å². The number of para-hydroxylation sites is 1. The van der Waals surface area contributed by atoms with Crippen LogP contribution in [0.4, 0.5) is 10.1 Å². The lowest BCUT2D eigenvalue weighted by Crippen LogP contribution is -2.47. The summed E-state index contributed by atoms with van der Waals surface area (Å²) in [5.41, 5.74) is 2.57. The molecular formula is C29H31FN3O4S+. The quantitative estimate of drug-likeness (QED) is 0.321. The maximum atomic E-state index is 14.5.